The summed E-state index contributed by atoms with van der Waals surface area (Å²) in [6, 6.07) is 8.28. The molecule has 29 heavy (non-hydrogen) atoms. The third-order valence-corrected chi connectivity index (χ3v) is 5.87. The van der Waals surface area contributed by atoms with E-state index in [1.54, 1.807) is 18.5 Å². The molecule has 0 spiro atoms. The van der Waals surface area contributed by atoms with Crippen LogP contribution in [-0.2, 0) is 24.1 Å². The van der Waals surface area contributed by atoms with Crippen LogP contribution in [0.3, 0.4) is 0 Å². The Morgan fingerprint density at radius 1 is 1.10 bits per heavy atom. The lowest BCUT2D eigenvalue weighted by molar-refractivity contribution is -0.129. The van der Waals surface area contributed by atoms with Crippen LogP contribution in [0.4, 0.5) is 0 Å². The van der Waals surface area contributed by atoms with Crippen LogP contribution in [0.1, 0.15) is 47.8 Å². The van der Waals surface area contributed by atoms with Gasteiger partial charge in [-0.15, -0.1) is 0 Å². The second-order valence-electron chi connectivity index (χ2n) is 7.84. The lowest BCUT2D eigenvalue weighted by Gasteiger charge is -2.18. The highest BCUT2D eigenvalue weighted by molar-refractivity contribution is 5.79. The van der Waals surface area contributed by atoms with Crippen molar-refractivity contribution in [1.82, 2.24) is 25.0 Å². The number of carbonyl (C=O) groups excluding carboxylic acids is 1. The molecule has 0 bridgehead atoms. The van der Waals surface area contributed by atoms with Gasteiger partial charge in [0.25, 0.3) is 0 Å². The predicted octanol–water partition coefficient (Wildman–Crippen LogP) is 2.96. The van der Waals surface area contributed by atoms with Crippen molar-refractivity contribution in [2.45, 2.75) is 44.4 Å². The summed E-state index contributed by atoms with van der Waals surface area (Å²) in [7, 11) is 0. The molecule has 2 aromatic heterocycles. The van der Waals surface area contributed by atoms with Gasteiger partial charge in [-0.3, -0.25) is 4.79 Å². The summed E-state index contributed by atoms with van der Waals surface area (Å²) in [5, 5.41) is 3.99. The Hall–Kier alpha value is -3.09. The number of likely N-dealkylation sites (tertiary alicyclic amines) is 1. The number of fused-ring (bicyclic) bond motifs is 1. The van der Waals surface area contributed by atoms with Gasteiger partial charge in [0.15, 0.2) is 0 Å². The van der Waals surface area contributed by atoms with E-state index in [0.29, 0.717) is 37.0 Å². The van der Waals surface area contributed by atoms with Crippen molar-refractivity contribution in [1.29, 1.82) is 0 Å². The minimum atomic E-state index is 0.0624. The van der Waals surface area contributed by atoms with Crippen molar-refractivity contribution in [2.24, 2.45) is 0 Å². The Labute approximate surface area is 169 Å². The average molecular weight is 389 g/mol. The van der Waals surface area contributed by atoms with Crippen molar-refractivity contribution in [3.05, 3.63) is 59.2 Å². The highest BCUT2D eigenvalue weighted by Gasteiger charge is 2.31. The fourth-order valence-corrected chi connectivity index (χ4v) is 4.28. The van der Waals surface area contributed by atoms with Gasteiger partial charge in [-0.25, -0.2) is 9.97 Å². The molecule has 1 aromatic carbocycles. The Kier molecular flexibility index (Phi) is 4.79. The highest BCUT2D eigenvalue weighted by atomic mass is 16.5. The van der Waals surface area contributed by atoms with Crippen LogP contribution < -0.4 is 0 Å². The summed E-state index contributed by atoms with van der Waals surface area (Å²) < 4.78 is 5.43. The molecule has 0 N–H and O–H groups in total. The monoisotopic (exact) mass is 389 g/mol. The molecular weight excluding hydrogens is 366 g/mol. The molecule has 5 rings (SSSR count). The fourth-order valence-electron chi connectivity index (χ4n) is 4.28. The quantitative estimate of drug-likeness (QED) is 0.682. The van der Waals surface area contributed by atoms with Crippen molar-refractivity contribution in [2.75, 3.05) is 13.1 Å². The van der Waals surface area contributed by atoms with Crippen LogP contribution >= 0.6 is 0 Å². The van der Waals surface area contributed by atoms with E-state index in [2.05, 4.69) is 38.3 Å². The number of amides is 1. The van der Waals surface area contributed by atoms with Gasteiger partial charge in [0.05, 0.1) is 12.3 Å². The number of aromatic nitrogens is 4. The Balaban J connectivity index is 1.23. The van der Waals surface area contributed by atoms with Gasteiger partial charge >= 0.3 is 0 Å². The second kappa shape index (κ2) is 7.73. The zero-order chi connectivity index (χ0) is 19.6. The molecule has 0 saturated carbocycles. The molecule has 7 heteroatoms. The summed E-state index contributed by atoms with van der Waals surface area (Å²) in [4.78, 5) is 27.5. The molecule has 2 aliphatic rings. The molecule has 1 unspecified atom stereocenters. The topological polar surface area (TPSA) is 85.0 Å². The molecule has 1 fully saturated rings. The standard InChI is InChI=1S/C22H23N5O2/c28-19(13-15-6-7-16-4-1-2-5-17(16)12-15)27-11-8-18(14-27)22-25-21(26-29-22)20-23-9-3-10-24-20/h3,6-7,9-10,12,18H,1-2,4-5,8,11,13-14H2. The van der Waals surface area contributed by atoms with Crippen LogP contribution in [0.25, 0.3) is 11.6 Å². The van der Waals surface area contributed by atoms with E-state index in [1.807, 2.05) is 4.90 Å². The van der Waals surface area contributed by atoms with E-state index in [1.165, 1.54) is 24.0 Å². The third kappa shape index (κ3) is 3.77. The first-order valence-corrected chi connectivity index (χ1v) is 10.3. The van der Waals surface area contributed by atoms with E-state index in [9.17, 15) is 4.79 Å². The molecule has 1 aliphatic heterocycles. The molecule has 1 amide bonds. The van der Waals surface area contributed by atoms with Crippen LogP contribution in [-0.4, -0.2) is 44.0 Å². The molecular formula is C22H23N5O2. The van der Waals surface area contributed by atoms with Crippen molar-refractivity contribution < 1.29 is 9.32 Å². The summed E-state index contributed by atoms with van der Waals surface area (Å²) in [5.41, 5.74) is 3.98. The smallest absolute Gasteiger partial charge is 0.240 e. The number of aryl methyl sites for hydroxylation is 2. The zero-order valence-electron chi connectivity index (χ0n) is 16.3. The highest BCUT2D eigenvalue weighted by Crippen LogP contribution is 2.28. The zero-order valence-corrected chi connectivity index (χ0v) is 16.3. The van der Waals surface area contributed by atoms with E-state index in [-0.39, 0.29) is 11.8 Å². The molecule has 1 saturated heterocycles. The summed E-state index contributed by atoms with van der Waals surface area (Å²) in [6.45, 7) is 1.33. The molecule has 148 valence electrons. The molecule has 0 radical (unpaired) electrons. The first-order valence-electron chi connectivity index (χ1n) is 10.3. The van der Waals surface area contributed by atoms with Gasteiger partial charge in [0.1, 0.15) is 0 Å². The Morgan fingerprint density at radius 3 is 2.79 bits per heavy atom. The third-order valence-electron chi connectivity index (χ3n) is 5.87. The lowest BCUT2D eigenvalue weighted by atomic mass is 9.90. The normalized spacial score (nSPS) is 18.6. The summed E-state index contributed by atoms with van der Waals surface area (Å²) in [6.07, 6.45) is 9.39. The minimum absolute atomic E-state index is 0.0624. The van der Waals surface area contributed by atoms with Crippen LogP contribution in [0, 0.1) is 0 Å². The lowest BCUT2D eigenvalue weighted by Crippen LogP contribution is -2.30. The number of carbonyl (C=O) groups is 1. The van der Waals surface area contributed by atoms with Gasteiger partial charge in [0.2, 0.25) is 23.4 Å². The predicted molar refractivity (Wildman–Crippen MR) is 106 cm³/mol. The molecule has 1 atom stereocenters. The van der Waals surface area contributed by atoms with E-state index < -0.39 is 0 Å². The number of benzene rings is 1. The van der Waals surface area contributed by atoms with Crippen LogP contribution in [0.2, 0.25) is 0 Å². The number of rotatable bonds is 4. The van der Waals surface area contributed by atoms with E-state index in [4.69, 9.17) is 4.52 Å². The van der Waals surface area contributed by atoms with Crippen LogP contribution in [0.15, 0.2) is 41.2 Å². The number of nitrogens with zero attached hydrogens (tertiary/aromatic N) is 5. The SMILES string of the molecule is O=C(Cc1ccc2c(c1)CCCC2)N1CCC(c2nc(-c3ncccn3)no2)C1. The molecule has 3 heterocycles. The van der Waals surface area contributed by atoms with Gasteiger partial charge in [0, 0.05) is 25.5 Å². The largest absolute Gasteiger partial charge is 0.342 e. The van der Waals surface area contributed by atoms with Crippen LogP contribution in [0.5, 0.6) is 0 Å². The summed E-state index contributed by atoms with van der Waals surface area (Å²) >= 11 is 0. The average Bonchev–Trinajstić information content (AvgIpc) is 3.44. The number of hydrogen-bond acceptors (Lipinski definition) is 6. The molecule has 3 aromatic rings. The van der Waals surface area contributed by atoms with Gasteiger partial charge in [-0.2, -0.15) is 4.98 Å². The van der Waals surface area contributed by atoms with Crippen molar-refractivity contribution in [3.63, 3.8) is 0 Å². The maximum Gasteiger partial charge on any atom is 0.240 e. The van der Waals surface area contributed by atoms with E-state index >= 15 is 0 Å². The number of hydrogen-bond donors (Lipinski definition) is 0. The van der Waals surface area contributed by atoms with Gasteiger partial charge in [-0.05, 0) is 54.9 Å². The summed E-state index contributed by atoms with van der Waals surface area (Å²) in [5.74, 6) is 1.61. The Morgan fingerprint density at radius 2 is 1.93 bits per heavy atom. The van der Waals surface area contributed by atoms with Gasteiger partial charge < -0.3 is 9.42 Å². The first-order chi connectivity index (χ1) is 14.3. The maximum absolute atomic E-state index is 12.8. The first kappa shape index (κ1) is 18.0. The Bertz CT molecular complexity index is 1020. The van der Waals surface area contributed by atoms with Crippen molar-refractivity contribution >= 4 is 5.91 Å². The molecule has 1 aliphatic carbocycles. The second-order valence-corrected chi connectivity index (χ2v) is 7.84. The molecule has 7 nitrogen and oxygen atoms in total. The minimum Gasteiger partial charge on any atom is -0.342 e. The van der Waals surface area contributed by atoms with E-state index in [0.717, 1.165) is 24.8 Å². The van der Waals surface area contributed by atoms with Crippen molar-refractivity contribution in [3.8, 4) is 11.6 Å². The maximum atomic E-state index is 12.8. The fraction of sp³-hybridized carbons (Fsp3) is 0.409. The van der Waals surface area contributed by atoms with Gasteiger partial charge in [-0.1, -0.05) is 23.4 Å².